The van der Waals surface area contributed by atoms with Gasteiger partial charge >= 0.3 is 0 Å². The highest BCUT2D eigenvalue weighted by molar-refractivity contribution is 6.05. The maximum absolute atomic E-state index is 12.4. The molecule has 25 heavy (non-hydrogen) atoms. The SMILES string of the molecule is Cc1c(NC(=O)c2ccccc2)cccc1NC(=O)C1CCCNC1. The summed E-state index contributed by atoms with van der Waals surface area (Å²) in [6.45, 7) is 3.59. The smallest absolute Gasteiger partial charge is 0.255 e. The fourth-order valence-electron chi connectivity index (χ4n) is 3.00. The highest BCUT2D eigenvalue weighted by Gasteiger charge is 2.21. The zero-order valence-electron chi connectivity index (χ0n) is 14.3. The average molecular weight is 337 g/mol. The molecule has 1 saturated heterocycles. The second-order valence-electron chi connectivity index (χ2n) is 6.33. The van der Waals surface area contributed by atoms with Crippen molar-refractivity contribution in [1.82, 2.24) is 5.32 Å². The van der Waals surface area contributed by atoms with E-state index in [9.17, 15) is 9.59 Å². The van der Waals surface area contributed by atoms with E-state index in [4.69, 9.17) is 0 Å². The van der Waals surface area contributed by atoms with Gasteiger partial charge in [0.25, 0.3) is 5.91 Å². The maximum atomic E-state index is 12.4. The van der Waals surface area contributed by atoms with Crippen LogP contribution in [-0.2, 0) is 4.79 Å². The van der Waals surface area contributed by atoms with E-state index in [1.165, 1.54) is 0 Å². The topological polar surface area (TPSA) is 70.2 Å². The standard InChI is InChI=1S/C20H23N3O2/c1-14-17(22-19(24)15-7-3-2-4-8-15)10-5-11-18(14)23-20(25)16-9-6-12-21-13-16/h2-5,7-8,10-11,16,21H,6,9,12-13H2,1H3,(H,22,24)(H,23,25). The largest absolute Gasteiger partial charge is 0.325 e. The van der Waals surface area contributed by atoms with E-state index in [0.29, 0.717) is 11.3 Å². The van der Waals surface area contributed by atoms with Crippen LogP contribution in [0.4, 0.5) is 11.4 Å². The number of hydrogen-bond donors (Lipinski definition) is 3. The minimum Gasteiger partial charge on any atom is -0.325 e. The Labute approximate surface area is 147 Å². The molecule has 3 rings (SSSR count). The number of carbonyl (C=O) groups is 2. The van der Waals surface area contributed by atoms with Gasteiger partial charge in [-0.3, -0.25) is 9.59 Å². The summed E-state index contributed by atoms with van der Waals surface area (Å²) in [7, 11) is 0. The number of rotatable bonds is 4. The van der Waals surface area contributed by atoms with Crippen molar-refractivity contribution in [2.24, 2.45) is 5.92 Å². The fourth-order valence-corrected chi connectivity index (χ4v) is 3.00. The van der Waals surface area contributed by atoms with Crippen LogP contribution in [-0.4, -0.2) is 24.9 Å². The number of hydrogen-bond acceptors (Lipinski definition) is 3. The summed E-state index contributed by atoms with van der Waals surface area (Å²) in [5, 5.41) is 9.17. The molecule has 1 unspecified atom stereocenters. The first-order valence-electron chi connectivity index (χ1n) is 8.63. The lowest BCUT2D eigenvalue weighted by atomic mass is 9.98. The molecular weight excluding hydrogens is 314 g/mol. The van der Waals surface area contributed by atoms with E-state index in [1.54, 1.807) is 12.1 Å². The lowest BCUT2D eigenvalue weighted by molar-refractivity contribution is -0.120. The third kappa shape index (κ3) is 4.25. The molecule has 0 aliphatic carbocycles. The van der Waals surface area contributed by atoms with E-state index in [0.717, 1.165) is 37.2 Å². The molecular formula is C20H23N3O2. The Bertz CT molecular complexity index is 753. The minimum absolute atomic E-state index is 0.00397. The van der Waals surface area contributed by atoms with Crippen LogP contribution in [0.3, 0.4) is 0 Å². The van der Waals surface area contributed by atoms with Crippen LogP contribution in [0.2, 0.25) is 0 Å². The zero-order chi connectivity index (χ0) is 17.6. The van der Waals surface area contributed by atoms with Crippen molar-refractivity contribution in [3.05, 3.63) is 59.7 Å². The predicted molar refractivity (Wildman–Crippen MR) is 99.8 cm³/mol. The van der Waals surface area contributed by atoms with Crippen molar-refractivity contribution in [2.75, 3.05) is 23.7 Å². The van der Waals surface area contributed by atoms with Crippen LogP contribution in [0, 0.1) is 12.8 Å². The molecule has 1 fully saturated rings. The highest BCUT2D eigenvalue weighted by atomic mass is 16.2. The molecule has 1 aliphatic heterocycles. The third-order valence-electron chi connectivity index (χ3n) is 4.54. The van der Waals surface area contributed by atoms with Gasteiger partial charge in [-0.15, -0.1) is 0 Å². The molecule has 2 amide bonds. The zero-order valence-corrected chi connectivity index (χ0v) is 14.3. The maximum Gasteiger partial charge on any atom is 0.255 e. The fraction of sp³-hybridized carbons (Fsp3) is 0.300. The normalized spacial score (nSPS) is 16.9. The average Bonchev–Trinajstić information content (AvgIpc) is 2.66. The molecule has 5 heteroatoms. The first-order chi connectivity index (χ1) is 12.1. The second-order valence-corrected chi connectivity index (χ2v) is 6.33. The first kappa shape index (κ1) is 17.2. The van der Waals surface area contributed by atoms with Crippen LogP contribution in [0.1, 0.15) is 28.8 Å². The Morgan fingerprint density at radius 2 is 1.72 bits per heavy atom. The Morgan fingerprint density at radius 3 is 2.40 bits per heavy atom. The van der Waals surface area contributed by atoms with Crippen molar-refractivity contribution in [2.45, 2.75) is 19.8 Å². The predicted octanol–water partition coefficient (Wildman–Crippen LogP) is 3.19. The van der Waals surface area contributed by atoms with Crippen molar-refractivity contribution in [3.63, 3.8) is 0 Å². The molecule has 3 N–H and O–H groups in total. The molecule has 0 aromatic heterocycles. The summed E-state index contributed by atoms with van der Waals surface area (Å²) in [6, 6.07) is 14.6. The van der Waals surface area contributed by atoms with Gasteiger partial charge in [0.1, 0.15) is 0 Å². The Hall–Kier alpha value is -2.66. The molecule has 130 valence electrons. The van der Waals surface area contributed by atoms with Gasteiger partial charge in [0.15, 0.2) is 0 Å². The second kappa shape index (κ2) is 7.94. The number of piperidine rings is 1. The third-order valence-corrected chi connectivity index (χ3v) is 4.54. The molecule has 0 radical (unpaired) electrons. The Balaban J connectivity index is 1.71. The summed E-state index contributed by atoms with van der Waals surface area (Å²) in [4.78, 5) is 24.8. The van der Waals surface area contributed by atoms with Crippen molar-refractivity contribution in [3.8, 4) is 0 Å². The summed E-state index contributed by atoms with van der Waals surface area (Å²) < 4.78 is 0. The van der Waals surface area contributed by atoms with Gasteiger partial charge in [0.2, 0.25) is 5.91 Å². The number of amides is 2. The van der Waals surface area contributed by atoms with Crippen LogP contribution >= 0.6 is 0 Å². The summed E-state index contributed by atoms with van der Waals surface area (Å²) in [5.41, 5.74) is 2.89. The lowest BCUT2D eigenvalue weighted by Crippen LogP contribution is -2.37. The number of anilines is 2. The number of benzene rings is 2. The minimum atomic E-state index is -0.163. The summed E-state index contributed by atoms with van der Waals surface area (Å²) >= 11 is 0. The molecule has 2 aromatic carbocycles. The monoisotopic (exact) mass is 337 g/mol. The first-order valence-corrected chi connectivity index (χ1v) is 8.63. The van der Waals surface area contributed by atoms with E-state index < -0.39 is 0 Å². The Kier molecular flexibility index (Phi) is 5.46. The van der Waals surface area contributed by atoms with Gasteiger partial charge in [-0.25, -0.2) is 0 Å². The van der Waals surface area contributed by atoms with Gasteiger partial charge in [-0.2, -0.15) is 0 Å². The molecule has 0 saturated carbocycles. The molecule has 5 nitrogen and oxygen atoms in total. The van der Waals surface area contributed by atoms with Crippen LogP contribution in [0.15, 0.2) is 48.5 Å². The molecule has 0 bridgehead atoms. The molecule has 1 aliphatic rings. The molecule has 1 atom stereocenters. The Morgan fingerprint density at radius 1 is 1.00 bits per heavy atom. The van der Waals surface area contributed by atoms with Gasteiger partial charge in [-0.1, -0.05) is 24.3 Å². The highest BCUT2D eigenvalue weighted by Crippen LogP contribution is 2.25. The van der Waals surface area contributed by atoms with E-state index in [-0.39, 0.29) is 17.7 Å². The van der Waals surface area contributed by atoms with Gasteiger partial charge < -0.3 is 16.0 Å². The molecule has 0 spiro atoms. The summed E-state index contributed by atoms with van der Waals surface area (Å²) in [5.74, 6) is -0.138. The number of carbonyl (C=O) groups excluding carboxylic acids is 2. The van der Waals surface area contributed by atoms with Crippen molar-refractivity contribution < 1.29 is 9.59 Å². The van der Waals surface area contributed by atoms with E-state index in [1.807, 2.05) is 43.3 Å². The van der Waals surface area contributed by atoms with E-state index >= 15 is 0 Å². The lowest BCUT2D eigenvalue weighted by Gasteiger charge is -2.22. The van der Waals surface area contributed by atoms with Gasteiger partial charge in [0, 0.05) is 23.5 Å². The summed E-state index contributed by atoms with van der Waals surface area (Å²) in [6.07, 6.45) is 1.92. The van der Waals surface area contributed by atoms with Crippen molar-refractivity contribution >= 4 is 23.2 Å². The van der Waals surface area contributed by atoms with Gasteiger partial charge in [-0.05, 0) is 56.1 Å². The van der Waals surface area contributed by atoms with Crippen LogP contribution < -0.4 is 16.0 Å². The van der Waals surface area contributed by atoms with Crippen LogP contribution in [0.25, 0.3) is 0 Å². The van der Waals surface area contributed by atoms with Crippen molar-refractivity contribution in [1.29, 1.82) is 0 Å². The molecule has 1 heterocycles. The molecule has 2 aromatic rings. The van der Waals surface area contributed by atoms with E-state index in [2.05, 4.69) is 16.0 Å². The van der Waals surface area contributed by atoms with Gasteiger partial charge in [0.05, 0.1) is 5.92 Å². The quantitative estimate of drug-likeness (QED) is 0.802. The number of nitrogens with one attached hydrogen (secondary N) is 3. The van der Waals surface area contributed by atoms with Crippen LogP contribution in [0.5, 0.6) is 0 Å².